The summed E-state index contributed by atoms with van der Waals surface area (Å²) in [7, 11) is 3.22. The van der Waals surface area contributed by atoms with Crippen molar-refractivity contribution in [1.29, 1.82) is 0 Å². The van der Waals surface area contributed by atoms with E-state index in [9.17, 15) is 0 Å². The monoisotopic (exact) mass is 224 g/mol. The van der Waals surface area contributed by atoms with Crippen molar-refractivity contribution in [2.45, 2.75) is 19.8 Å². The van der Waals surface area contributed by atoms with Gasteiger partial charge < -0.3 is 18.9 Å². The van der Waals surface area contributed by atoms with E-state index in [1.807, 2.05) is 6.07 Å². The molecule has 0 atom stereocenters. The molecule has 0 bridgehead atoms. The fourth-order valence-electron chi connectivity index (χ4n) is 1.89. The highest BCUT2D eigenvalue weighted by molar-refractivity contribution is 5.63. The van der Waals surface area contributed by atoms with Gasteiger partial charge in [-0.25, -0.2) is 0 Å². The Morgan fingerprint density at radius 3 is 2.56 bits per heavy atom. The van der Waals surface area contributed by atoms with Gasteiger partial charge in [0.05, 0.1) is 14.2 Å². The molecular weight excluding hydrogens is 208 g/mol. The second-order valence-corrected chi connectivity index (χ2v) is 3.59. The Kier molecular flexibility index (Phi) is 3.08. The molecule has 0 spiro atoms. The van der Waals surface area contributed by atoms with Gasteiger partial charge in [-0.05, 0) is 12.5 Å². The molecule has 1 aliphatic heterocycles. The summed E-state index contributed by atoms with van der Waals surface area (Å²) in [5.41, 5.74) is 1.10. The maximum Gasteiger partial charge on any atom is 0.231 e. The molecule has 1 heterocycles. The molecule has 2 rings (SSSR count). The lowest BCUT2D eigenvalue weighted by Crippen LogP contribution is -1.95. The van der Waals surface area contributed by atoms with Crippen molar-refractivity contribution >= 4 is 0 Å². The number of fused-ring (bicyclic) bond motifs is 1. The van der Waals surface area contributed by atoms with Crippen LogP contribution in [0, 0.1) is 0 Å². The molecule has 0 aromatic heterocycles. The van der Waals surface area contributed by atoms with Gasteiger partial charge in [0, 0.05) is 5.56 Å². The summed E-state index contributed by atoms with van der Waals surface area (Å²) >= 11 is 0. The minimum Gasteiger partial charge on any atom is -0.493 e. The molecule has 4 heteroatoms. The van der Waals surface area contributed by atoms with Gasteiger partial charge in [0.25, 0.3) is 0 Å². The highest BCUT2D eigenvalue weighted by atomic mass is 16.7. The van der Waals surface area contributed by atoms with Crippen LogP contribution >= 0.6 is 0 Å². The van der Waals surface area contributed by atoms with Gasteiger partial charge >= 0.3 is 0 Å². The molecule has 0 amide bonds. The molecule has 88 valence electrons. The lowest BCUT2D eigenvalue weighted by Gasteiger charge is -2.12. The van der Waals surface area contributed by atoms with Gasteiger partial charge in [0.2, 0.25) is 18.3 Å². The Bertz CT molecular complexity index is 387. The third kappa shape index (κ3) is 1.64. The van der Waals surface area contributed by atoms with E-state index in [1.54, 1.807) is 14.2 Å². The van der Waals surface area contributed by atoms with Crippen LogP contribution in [-0.2, 0) is 6.42 Å². The average molecular weight is 224 g/mol. The van der Waals surface area contributed by atoms with Gasteiger partial charge in [-0.2, -0.15) is 0 Å². The smallest absolute Gasteiger partial charge is 0.231 e. The summed E-state index contributed by atoms with van der Waals surface area (Å²) in [5.74, 6) is 2.75. The van der Waals surface area contributed by atoms with E-state index in [0.29, 0.717) is 17.2 Å². The van der Waals surface area contributed by atoms with Gasteiger partial charge in [-0.1, -0.05) is 13.3 Å². The van der Waals surface area contributed by atoms with Crippen LogP contribution in [0.4, 0.5) is 0 Å². The number of rotatable bonds is 4. The summed E-state index contributed by atoms with van der Waals surface area (Å²) in [6.45, 7) is 2.37. The van der Waals surface area contributed by atoms with Gasteiger partial charge in [-0.15, -0.1) is 0 Å². The number of aryl methyl sites for hydroxylation is 1. The number of hydrogen-bond acceptors (Lipinski definition) is 4. The minimum atomic E-state index is 0.246. The van der Waals surface area contributed by atoms with Crippen LogP contribution in [0.1, 0.15) is 18.9 Å². The zero-order valence-corrected chi connectivity index (χ0v) is 9.83. The van der Waals surface area contributed by atoms with Crippen molar-refractivity contribution in [2.75, 3.05) is 21.0 Å². The first-order valence-electron chi connectivity index (χ1n) is 5.35. The second-order valence-electron chi connectivity index (χ2n) is 3.59. The van der Waals surface area contributed by atoms with Crippen molar-refractivity contribution in [3.63, 3.8) is 0 Å². The standard InChI is InChI=1S/C12H16O4/c1-4-5-8-6-9(13-2)11(14-3)12-10(8)15-7-16-12/h6H,4-5,7H2,1-3H3. The number of benzene rings is 1. The fraction of sp³-hybridized carbons (Fsp3) is 0.500. The quantitative estimate of drug-likeness (QED) is 0.786. The van der Waals surface area contributed by atoms with E-state index < -0.39 is 0 Å². The van der Waals surface area contributed by atoms with E-state index in [0.717, 1.165) is 24.2 Å². The third-order valence-electron chi connectivity index (χ3n) is 2.58. The largest absolute Gasteiger partial charge is 0.493 e. The van der Waals surface area contributed by atoms with E-state index in [-0.39, 0.29) is 6.79 Å². The van der Waals surface area contributed by atoms with Crippen molar-refractivity contribution in [3.8, 4) is 23.0 Å². The Morgan fingerprint density at radius 2 is 1.94 bits per heavy atom. The topological polar surface area (TPSA) is 36.9 Å². The molecule has 0 saturated carbocycles. The van der Waals surface area contributed by atoms with E-state index in [2.05, 4.69) is 6.92 Å². The van der Waals surface area contributed by atoms with E-state index in [1.165, 1.54) is 0 Å². The lowest BCUT2D eigenvalue weighted by atomic mass is 10.1. The Balaban J connectivity index is 2.53. The molecule has 0 aliphatic carbocycles. The Morgan fingerprint density at radius 1 is 1.19 bits per heavy atom. The zero-order valence-electron chi connectivity index (χ0n) is 9.83. The molecule has 1 aliphatic rings. The number of ether oxygens (including phenoxy) is 4. The molecule has 0 unspecified atom stereocenters. The summed E-state index contributed by atoms with van der Waals surface area (Å²) in [6.07, 6.45) is 1.98. The van der Waals surface area contributed by atoms with Crippen LogP contribution in [0.2, 0.25) is 0 Å². The van der Waals surface area contributed by atoms with Crippen LogP contribution in [0.5, 0.6) is 23.0 Å². The predicted octanol–water partition coefficient (Wildman–Crippen LogP) is 2.39. The summed E-state index contributed by atoms with van der Waals surface area (Å²) in [5, 5.41) is 0. The van der Waals surface area contributed by atoms with Crippen LogP contribution < -0.4 is 18.9 Å². The maximum absolute atomic E-state index is 5.47. The molecule has 4 nitrogen and oxygen atoms in total. The second kappa shape index (κ2) is 4.51. The van der Waals surface area contributed by atoms with E-state index in [4.69, 9.17) is 18.9 Å². The van der Waals surface area contributed by atoms with E-state index >= 15 is 0 Å². The first-order chi connectivity index (χ1) is 7.81. The normalized spacial score (nSPS) is 12.7. The molecular formula is C12H16O4. The molecule has 1 aromatic rings. The Labute approximate surface area is 95.1 Å². The molecule has 0 fully saturated rings. The Hall–Kier alpha value is -1.58. The number of hydrogen-bond donors (Lipinski definition) is 0. The third-order valence-corrected chi connectivity index (χ3v) is 2.58. The molecule has 16 heavy (non-hydrogen) atoms. The zero-order chi connectivity index (χ0) is 11.5. The number of methoxy groups -OCH3 is 2. The van der Waals surface area contributed by atoms with Crippen LogP contribution in [-0.4, -0.2) is 21.0 Å². The lowest BCUT2D eigenvalue weighted by molar-refractivity contribution is 0.170. The van der Waals surface area contributed by atoms with Crippen molar-refractivity contribution in [3.05, 3.63) is 11.6 Å². The van der Waals surface area contributed by atoms with Gasteiger partial charge in [-0.3, -0.25) is 0 Å². The molecule has 1 aromatic carbocycles. The van der Waals surface area contributed by atoms with Crippen LogP contribution in [0.15, 0.2) is 6.07 Å². The minimum absolute atomic E-state index is 0.246. The van der Waals surface area contributed by atoms with Crippen LogP contribution in [0.3, 0.4) is 0 Å². The first kappa shape index (κ1) is 10.9. The predicted molar refractivity (Wildman–Crippen MR) is 59.7 cm³/mol. The first-order valence-corrected chi connectivity index (χ1v) is 5.35. The summed E-state index contributed by atoms with van der Waals surface area (Å²) in [6, 6.07) is 1.95. The highest BCUT2D eigenvalue weighted by Gasteiger charge is 2.26. The van der Waals surface area contributed by atoms with Crippen molar-refractivity contribution < 1.29 is 18.9 Å². The average Bonchev–Trinajstić information content (AvgIpc) is 2.78. The van der Waals surface area contributed by atoms with Gasteiger partial charge in [0.15, 0.2) is 11.5 Å². The maximum atomic E-state index is 5.47. The summed E-state index contributed by atoms with van der Waals surface area (Å²) in [4.78, 5) is 0. The molecule has 0 N–H and O–H groups in total. The van der Waals surface area contributed by atoms with Gasteiger partial charge in [0.1, 0.15) is 0 Å². The molecule has 0 radical (unpaired) electrons. The van der Waals surface area contributed by atoms with Crippen LogP contribution in [0.25, 0.3) is 0 Å². The molecule has 0 saturated heterocycles. The SMILES string of the molecule is CCCc1cc(OC)c(OC)c2c1OCO2. The fourth-order valence-corrected chi connectivity index (χ4v) is 1.89. The highest BCUT2D eigenvalue weighted by Crippen LogP contribution is 2.49. The van der Waals surface area contributed by atoms with Crippen molar-refractivity contribution in [2.24, 2.45) is 0 Å². The van der Waals surface area contributed by atoms with Crippen molar-refractivity contribution in [1.82, 2.24) is 0 Å². The summed E-state index contributed by atoms with van der Waals surface area (Å²) < 4.78 is 21.5.